The molecule has 4 N–H and O–H groups in total. The van der Waals surface area contributed by atoms with Crippen LogP contribution < -0.4 is 21.1 Å². The van der Waals surface area contributed by atoms with Crippen LogP contribution in [0.4, 0.5) is 9.80 Å². The summed E-state index contributed by atoms with van der Waals surface area (Å²) in [7, 11) is 1.61. The van der Waals surface area contributed by atoms with Crippen LogP contribution >= 0.6 is 23.1 Å². The maximum absolute atomic E-state index is 12.2. The number of ether oxygens (including phenoxy) is 1. The Morgan fingerprint density at radius 2 is 2.04 bits per heavy atom. The number of nitrogens with two attached hydrogens (primary N) is 1. The first-order chi connectivity index (χ1) is 12.1. The molecule has 1 aliphatic rings. The molecule has 0 aliphatic carbocycles. The van der Waals surface area contributed by atoms with Gasteiger partial charge in [-0.1, -0.05) is 12.1 Å². The number of urea groups is 1. The van der Waals surface area contributed by atoms with E-state index in [1.807, 2.05) is 36.0 Å². The topological polar surface area (TPSA) is 93.4 Å². The lowest BCUT2D eigenvalue weighted by molar-refractivity contribution is 0.100. The number of thiophene rings is 1. The maximum atomic E-state index is 12.2. The molecule has 0 atom stereocenters. The molecule has 2 aromatic rings. The van der Waals surface area contributed by atoms with Gasteiger partial charge in [0.05, 0.1) is 12.7 Å². The molecular formula is C17H19N3O3S2. The Labute approximate surface area is 154 Å². The number of fused-ring (bicyclic) bond motifs is 1. The van der Waals surface area contributed by atoms with E-state index in [-0.39, 0.29) is 6.03 Å². The third-order valence-electron chi connectivity index (χ3n) is 3.91. The first-order valence-corrected chi connectivity index (χ1v) is 9.75. The van der Waals surface area contributed by atoms with Gasteiger partial charge in [-0.15, -0.1) is 11.3 Å². The summed E-state index contributed by atoms with van der Waals surface area (Å²) in [5.74, 6) is 2.10. The highest BCUT2D eigenvalue weighted by Crippen LogP contribution is 2.39. The number of thioether (sulfide) groups is 1. The fourth-order valence-electron chi connectivity index (χ4n) is 2.65. The van der Waals surface area contributed by atoms with E-state index in [1.165, 1.54) is 11.3 Å². The summed E-state index contributed by atoms with van der Waals surface area (Å²) in [5, 5.41) is 6.10. The smallest absolute Gasteiger partial charge is 0.320 e. The molecule has 1 aromatic carbocycles. The van der Waals surface area contributed by atoms with Crippen molar-refractivity contribution >= 4 is 40.0 Å². The van der Waals surface area contributed by atoms with E-state index in [2.05, 4.69) is 10.6 Å². The molecule has 25 heavy (non-hydrogen) atoms. The Hall–Kier alpha value is -2.19. The van der Waals surface area contributed by atoms with Gasteiger partial charge < -0.3 is 15.8 Å². The number of carbonyl (C=O) groups excluding carboxylic acids is 2. The van der Waals surface area contributed by atoms with Crippen molar-refractivity contribution in [1.29, 1.82) is 0 Å². The first-order valence-electron chi connectivity index (χ1n) is 7.78. The predicted molar refractivity (Wildman–Crippen MR) is 102 cm³/mol. The van der Waals surface area contributed by atoms with E-state index >= 15 is 0 Å². The van der Waals surface area contributed by atoms with Crippen LogP contribution in [0.5, 0.6) is 5.75 Å². The van der Waals surface area contributed by atoms with E-state index in [9.17, 15) is 9.59 Å². The van der Waals surface area contributed by atoms with Crippen molar-refractivity contribution in [2.75, 3.05) is 18.2 Å². The summed E-state index contributed by atoms with van der Waals surface area (Å²) < 4.78 is 5.11. The van der Waals surface area contributed by atoms with Crippen molar-refractivity contribution in [3.63, 3.8) is 0 Å². The zero-order valence-electron chi connectivity index (χ0n) is 13.8. The second kappa shape index (κ2) is 7.79. The molecule has 2 heterocycles. The van der Waals surface area contributed by atoms with Crippen molar-refractivity contribution in [1.82, 2.24) is 5.32 Å². The lowest BCUT2D eigenvalue weighted by Crippen LogP contribution is -2.29. The molecule has 0 bridgehead atoms. The van der Waals surface area contributed by atoms with Gasteiger partial charge in [0, 0.05) is 17.2 Å². The summed E-state index contributed by atoms with van der Waals surface area (Å²) >= 11 is 3.26. The van der Waals surface area contributed by atoms with Gasteiger partial charge >= 0.3 is 6.03 Å². The monoisotopic (exact) mass is 377 g/mol. The summed E-state index contributed by atoms with van der Waals surface area (Å²) in [6.07, 6.45) is 0.809. The van der Waals surface area contributed by atoms with Gasteiger partial charge in [0.1, 0.15) is 10.8 Å². The lowest BCUT2D eigenvalue weighted by Gasteiger charge is -2.11. The Kier molecular flexibility index (Phi) is 5.50. The fourth-order valence-corrected chi connectivity index (χ4v) is 5.04. The molecule has 0 radical (unpaired) electrons. The number of hydrogen-bond donors (Lipinski definition) is 3. The number of methoxy groups -OCH3 is 1. The number of benzene rings is 1. The molecule has 8 heteroatoms. The number of nitrogens with one attached hydrogen (secondary N) is 2. The van der Waals surface area contributed by atoms with E-state index in [0.29, 0.717) is 17.1 Å². The van der Waals surface area contributed by atoms with Crippen molar-refractivity contribution in [2.45, 2.75) is 18.7 Å². The highest BCUT2D eigenvalue weighted by Gasteiger charge is 2.25. The summed E-state index contributed by atoms with van der Waals surface area (Å²) in [4.78, 5) is 25.1. The van der Waals surface area contributed by atoms with Crippen LogP contribution in [0.25, 0.3) is 0 Å². The number of hydrogen-bond acceptors (Lipinski definition) is 5. The van der Waals surface area contributed by atoms with Crippen LogP contribution in [0.15, 0.2) is 24.3 Å². The minimum atomic E-state index is -0.491. The fraction of sp³-hybridized carbons (Fsp3) is 0.294. The van der Waals surface area contributed by atoms with Crippen molar-refractivity contribution in [3.05, 3.63) is 45.8 Å². The Morgan fingerprint density at radius 3 is 2.72 bits per heavy atom. The Morgan fingerprint density at radius 1 is 1.28 bits per heavy atom. The molecule has 0 unspecified atom stereocenters. The molecule has 132 valence electrons. The first kappa shape index (κ1) is 17.6. The molecule has 1 aliphatic heterocycles. The van der Waals surface area contributed by atoms with Gasteiger partial charge in [-0.05, 0) is 35.4 Å². The molecule has 0 fully saturated rings. The SMILES string of the molecule is COc1ccc(CNC(=O)Nc2sc3c(c2C(N)=O)CCSC3)cc1. The molecule has 0 saturated carbocycles. The number of rotatable bonds is 5. The minimum Gasteiger partial charge on any atom is -0.497 e. The van der Waals surface area contributed by atoms with Gasteiger partial charge in [0.15, 0.2) is 0 Å². The normalized spacial score (nSPS) is 13.0. The Bertz CT molecular complexity index is 787. The molecule has 0 saturated heterocycles. The molecule has 0 spiro atoms. The zero-order valence-corrected chi connectivity index (χ0v) is 15.4. The van der Waals surface area contributed by atoms with E-state index < -0.39 is 5.91 Å². The highest BCUT2D eigenvalue weighted by molar-refractivity contribution is 7.98. The average Bonchev–Trinajstić information content (AvgIpc) is 2.98. The molecule has 3 rings (SSSR count). The maximum Gasteiger partial charge on any atom is 0.320 e. The van der Waals surface area contributed by atoms with Gasteiger partial charge in [-0.3, -0.25) is 10.1 Å². The molecular weight excluding hydrogens is 358 g/mol. The second-order valence-corrected chi connectivity index (χ2v) is 7.74. The van der Waals surface area contributed by atoms with E-state index in [4.69, 9.17) is 10.5 Å². The van der Waals surface area contributed by atoms with E-state index in [1.54, 1.807) is 7.11 Å². The van der Waals surface area contributed by atoms with Gasteiger partial charge in [0.2, 0.25) is 0 Å². The van der Waals surface area contributed by atoms with Crippen molar-refractivity contribution in [2.24, 2.45) is 5.73 Å². The third kappa shape index (κ3) is 4.08. The van der Waals surface area contributed by atoms with Crippen LogP contribution in [0, 0.1) is 0 Å². The van der Waals surface area contributed by atoms with Gasteiger partial charge in [-0.2, -0.15) is 11.8 Å². The van der Waals surface area contributed by atoms with Gasteiger partial charge in [0.25, 0.3) is 5.91 Å². The Balaban J connectivity index is 1.66. The molecule has 1 aromatic heterocycles. The lowest BCUT2D eigenvalue weighted by atomic mass is 10.1. The van der Waals surface area contributed by atoms with Crippen molar-refractivity contribution in [3.8, 4) is 5.75 Å². The van der Waals surface area contributed by atoms with Crippen LogP contribution in [-0.4, -0.2) is 24.8 Å². The van der Waals surface area contributed by atoms with Crippen LogP contribution in [0.1, 0.15) is 26.4 Å². The predicted octanol–water partition coefficient (Wildman–Crippen LogP) is 2.97. The second-order valence-electron chi connectivity index (χ2n) is 5.53. The van der Waals surface area contributed by atoms with Gasteiger partial charge in [-0.25, -0.2) is 4.79 Å². The van der Waals surface area contributed by atoms with Crippen LogP contribution in [0.2, 0.25) is 0 Å². The number of anilines is 1. The number of amides is 3. The van der Waals surface area contributed by atoms with Crippen LogP contribution in [0.3, 0.4) is 0 Å². The third-order valence-corrected chi connectivity index (χ3v) is 6.22. The molecule has 3 amide bonds. The summed E-state index contributed by atoms with van der Waals surface area (Å²) in [6, 6.07) is 7.09. The summed E-state index contributed by atoms with van der Waals surface area (Å²) in [6.45, 7) is 0.378. The summed E-state index contributed by atoms with van der Waals surface area (Å²) in [5.41, 5.74) is 7.93. The highest BCUT2D eigenvalue weighted by atomic mass is 32.2. The molecule has 6 nitrogen and oxygen atoms in total. The van der Waals surface area contributed by atoms with Crippen molar-refractivity contribution < 1.29 is 14.3 Å². The zero-order chi connectivity index (χ0) is 17.8. The minimum absolute atomic E-state index is 0.357. The standard InChI is InChI=1S/C17H19N3O3S2/c1-23-11-4-2-10(3-5-11)8-19-17(22)20-16-14(15(18)21)12-6-7-24-9-13(12)25-16/h2-5H,6-9H2,1H3,(H2,18,21)(H2,19,20,22). The van der Waals surface area contributed by atoms with Crippen LogP contribution in [-0.2, 0) is 18.7 Å². The van der Waals surface area contributed by atoms with E-state index in [0.717, 1.165) is 39.7 Å². The number of primary amides is 1. The quantitative estimate of drug-likeness (QED) is 0.747. The largest absolute Gasteiger partial charge is 0.497 e. The average molecular weight is 377 g/mol. The number of carbonyl (C=O) groups is 2.